The molecule has 2 N–H and O–H groups in total. The maximum Gasteiger partial charge on any atom is 0.115 e. The van der Waals surface area contributed by atoms with Crippen LogP contribution in [-0.4, -0.2) is 41.7 Å². The van der Waals surface area contributed by atoms with E-state index in [1.54, 1.807) is 12.1 Å². The second kappa shape index (κ2) is 6.92. The van der Waals surface area contributed by atoms with Gasteiger partial charge in [-0.25, -0.2) is 0 Å². The van der Waals surface area contributed by atoms with Gasteiger partial charge in [-0.3, -0.25) is 4.90 Å². The standard InChI is InChI=1S/C16H26N2O/c1-3-18(12-15-5-4-10-17-15)13(2)11-14-6-8-16(19)9-7-14/h6-9,13,15,17,19H,3-5,10-12H2,1-2H3. The van der Waals surface area contributed by atoms with E-state index in [-0.39, 0.29) is 0 Å². The molecule has 0 spiro atoms. The van der Waals surface area contributed by atoms with Gasteiger partial charge in [0.1, 0.15) is 5.75 Å². The van der Waals surface area contributed by atoms with Crippen LogP contribution in [0, 0.1) is 0 Å². The zero-order valence-corrected chi connectivity index (χ0v) is 12.1. The number of benzene rings is 1. The SMILES string of the molecule is CCN(CC1CCCN1)C(C)Cc1ccc(O)cc1. The van der Waals surface area contributed by atoms with Crippen LogP contribution in [0.15, 0.2) is 24.3 Å². The van der Waals surface area contributed by atoms with E-state index in [0.717, 1.165) is 19.5 Å². The van der Waals surface area contributed by atoms with E-state index in [1.807, 2.05) is 12.1 Å². The van der Waals surface area contributed by atoms with Crippen molar-refractivity contribution in [2.24, 2.45) is 0 Å². The van der Waals surface area contributed by atoms with Gasteiger partial charge in [0.2, 0.25) is 0 Å². The zero-order chi connectivity index (χ0) is 13.7. The molecular formula is C16H26N2O. The molecule has 0 aromatic heterocycles. The van der Waals surface area contributed by atoms with Gasteiger partial charge in [0, 0.05) is 18.6 Å². The molecule has 3 nitrogen and oxygen atoms in total. The van der Waals surface area contributed by atoms with E-state index in [4.69, 9.17) is 0 Å². The Hall–Kier alpha value is -1.06. The van der Waals surface area contributed by atoms with Crippen molar-refractivity contribution in [3.05, 3.63) is 29.8 Å². The highest BCUT2D eigenvalue weighted by Gasteiger charge is 2.20. The van der Waals surface area contributed by atoms with Crippen molar-refractivity contribution in [2.75, 3.05) is 19.6 Å². The lowest BCUT2D eigenvalue weighted by molar-refractivity contribution is 0.200. The zero-order valence-electron chi connectivity index (χ0n) is 12.1. The molecule has 0 amide bonds. The van der Waals surface area contributed by atoms with Crippen LogP contribution in [0.4, 0.5) is 0 Å². The monoisotopic (exact) mass is 262 g/mol. The van der Waals surface area contributed by atoms with Gasteiger partial charge in [-0.05, 0) is 57.0 Å². The molecule has 1 aliphatic heterocycles. The van der Waals surface area contributed by atoms with Crippen molar-refractivity contribution in [2.45, 2.75) is 45.2 Å². The Morgan fingerprint density at radius 1 is 1.37 bits per heavy atom. The first-order valence-corrected chi connectivity index (χ1v) is 7.44. The Morgan fingerprint density at radius 3 is 2.68 bits per heavy atom. The molecule has 3 heteroatoms. The fourth-order valence-electron chi connectivity index (χ4n) is 2.92. The fraction of sp³-hybridized carbons (Fsp3) is 0.625. The van der Waals surface area contributed by atoms with Crippen LogP contribution in [-0.2, 0) is 6.42 Å². The van der Waals surface area contributed by atoms with E-state index in [2.05, 4.69) is 24.1 Å². The molecule has 1 heterocycles. The molecule has 0 aliphatic carbocycles. The van der Waals surface area contributed by atoms with Gasteiger partial charge in [0.25, 0.3) is 0 Å². The van der Waals surface area contributed by atoms with Crippen LogP contribution >= 0.6 is 0 Å². The maximum atomic E-state index is 9.32. The third kappa shape index (κ3) is 4.22. The van der Waals surface area contributed by atoms with Gasteiger partial charge in [-0.15, -0.1) is 0 Å². The highest BCUT2D eigenvalue weighted by atomic mass is 16.3. The number of hydrogen-bond donors (Lipinski definition) is 2. The number of rotatable bonds is 6. The largest absolute Gasteiger partial charge is 0.508 e. The highest BCUT2D eigenvalue weighted by molar-refractivity contribution is 5.26. The molecule has 2 atom stereocenters. The summed E-state index contributed by atoms with van der Waals surface area (Å²) in [4.78, 5) is 2.55. The summed E-state index contributed by atoms with van der Waals surface area (Å²) >= 11 is 0. The molecule has 19 heavy (non-hydrogen) atoms. The number of nitrogens with zero attached hydrogens (tertiary/aromatic N) is 1. The number of phenols is 1. The van der Waals surface area contributed by atoms with Crippen molar-refractivity contribution in [3.63, 3.8) is 0 Å². The van der Waals surface area contributed by atoms with Crippen LogP contribution in [0.25, 0.3) is 0 Å². The molecule has 0 saturated carbocycles. The van der Waals surface area contributed by atoms with Crippen LogP contribution in [0.2, 0.25) is 0 Å². The molecule has 1 aliphatic rings. The van der Waals surface area contributed by atoms with Crippen molar-refractivity contribution < 1.29 is 5.11 Å². The maximum absolute atomic E-state index is 9.32. The van der Waals surface area contributed by atoms with Gasteiger partial charge in [-0.2, -0.15) is 0 Å². The Bertz CT molecular complexity index is 371. The Labute approximate surface area is 116 Å². The summed E-state index contributed by atoms with van der Waals surface area (Å²) in [7, 11) is 0. The molecule has 0 bridgehead atoms. The van der Waals surface area contributed by atoms with Gasteiger partial charge in [0.05, 0.1) is 0 Å². The summed E-state index contributed by atoms with van der Waals surface area (Å²) in [6, 6.07) is 8.80. The first-order valence-electron chi connectivity index (χ1n) is 7.44. The summed E-state index contributed by atoms with van der Waals surface area (Å²) in [6.07, 6.45) is 3.66. The summed E-state index contributed by atoms with van der Waals surface area (Å²) in [5.74, 6) is 0.346. The van der Waals surface area contributed by atoms with Crippen LogP contribution < -0.4 is 5.32 Å². The molecular weight excluding hydrogens is 236 g/mol. The first-order chi connectivity index (χ1) is 9.19. The van der Waals surface area contributed by atoms with E-state index < -0.39 is 0 Å². The second-order valence-corrected chi connectivity index (χ2v) is 5.60. The summed E-state index contributed by atoms with van der Waals surface area (Å²) in [5.41, 5.74) is 1.29. The lowest BCUT2D eigenvalue weighted by Gasteiger charge is -2.30. The van der Waals surface area contributed by atoms with Gasteiger partial charge in [-0.1, -0.05) is 19.1 Å². The minimum absolute atomic E-state index is 0.346. The predicted octanol–water partition coefficient (Wildman–Crippen LogP) is 2.40. The molecule has 2 unspecified atom stereocenters. The fourth-order valence-corrected chi connectivity index (χ4v) is 2.92. The normalized spacial score (nSPS) is 20.9. The van der Waals surface area contributed by atoms with Crippen LogP contribution in [0.1, 0.15) is 32.3 Å². The average Bonchev–Trinajstić information content (AvgIpc) is 2.91. The number of aromatic hydroxyl groups is 1. The minimum atomic E-state index is 0.346. The van der Waals surface area contributed by atoms with Gasteiger partial charge in [0.15, 0.2) is 0 Å². The summed E-state index contributed by atoms with van der Waals surface area (Å²) in [5, 5.41) is 12.9. The quantitative estimate of drug-likeness (QED) is 0.826. The molecule has 1 aromatic rings. The summed E-state index contributed by atoms with van der Waals surface area (Å²) in [6.45, 7) is 7.95. The van der Waals surface area contributed by atoms with E-state index >= 15 is 0 Å². The molecule has 1 saturated heterocycles. The topological polar surface area (TPSA) is 35.5 Å². The van der Waals surface area contributed by atoms with E-state index in [1.165, 1.54) is 24.9 Å². The lowest BCUT2D eigenvalue weighted by Crippen LogP contribution is -2.43. The lowest BCUT2D eigenvalue weighted by atomic mass is 10.0. The third-order valence-corrected chi connectivity index (χ3v) is 4.11. The minimum Gasteiger partial charge on any atom is -0.508 e. The van der Waals surface area contributed by atoms with E-state index in [0.29, 0.717) is 17.8 Å². The smallest absolute Gasteiger partial charge is 0.115 e. The van der Waals surface area contributed by atoms with Gasteiger partial charge < -0.3 is 10.4 Å². The van der Waals surface area contributed by atoms with Crippen molar-refractivity contribution in [1.29, 1.82) is 0 Å². The Balaban J connectivity index is 1.88. The number of hydrogen-bond acceptors (Lipinski definition) is 3. The van der Waals surface area contributed by atoms with Gasteiger partial charge >= 0.3 is 0 Å². The summed E-state index contributed by atoms with van der Waals surface area (Å²) < 4.78 is 0. The van der Waals surface area contributed by atoms with Crippen LogP contribution in [0.5, 0.6) is 5.75 Å². The number of likely N-dealkylation sites (N-methyl/N-ethyl adjacent to an activating group) is 1. The highest BCUT2D eigenvalue weighted by Crippen LogP contribution is 2.15. The van der Waals surface area contributed by atoms with Crippen molar-refractivity contribution in [1.82, 2.24) is 10.2 Å². The van der Waals surface area contributed by atoms with Crippen molar-refractivity contribution in [3.8, 4) is 5.75 Å². The molecule has 1 aromatic carbocycles. The molecule has 2 rings (SSSR count). The Kier molecular flexibility index (Phi) is 5.23. The number of phenolic OH excluding ortho intramolecular Hbond substituents is 1. The Morgan fingerprint density at radius 2 is 2.11 bits per heavy atom. The van der Waals surface area contributed by atoms with E-state index in [9.17, 15) is 5.11 Å². The third-order valence-electron chi connectivity index (χ3n) is 4.11. The van der Waals surface area contributed by atoms with Crippen molar-refractivity contribution >= 4 is 0 Å². The predicted molar refractivity (Wildman–Crippen MR) is 79.5 cm³/mol. The van der Waals surface area contributed by atoms with Crippen LogP contribution in [0.3, 0.4) is 0 Å². The molecule has 106 valence electrons. The number of nitrogens with one attached hydrogen (secondary N) is 1. The first kappa shape index (κ1) is 14.4. The molecule has 1 fully saturated rings. The average molecular weight is 262 g/mol. The second-order valence-electron chi connectivity index (χ2n) is 5.60. The molecule has 0 radical (unpaired) electrons.